The average molecular weight is 419 g/mol. The average Bonchev–Trinajstić information content (AvgIpc) is 3.22. The van der Waals surface area contributed by atoms with Gasteiger partial charge in [0.1, 0.15) is 11.5 Å². The van der Waals surface area contributed by atoms with Crippen LogP contribution in [0.4, 0.5) is 11.5 Å². The smallest absolute Gasteiger partial charge is 0.149 e. The molecule has 0 amide bonds. The Kier molecular flexibility index (Phi) is 5.00. The summed E-state index contributed by atoms with van der Waals surface area (Å²) < 4.78 is 2.14. The summed E-state index contributed by atoms with van der Waals surface area (Å²) >= 11 is 0. The number of nitrogens with two attached hydrogens (primary N) is 1. The first kappa shape index (κ1) is 20.0. The number of hydrazine groups is 1. The zero-order valence-corrected chi connectivity index (χ0v) is 18.6. The zero-order chi connectivity index (χ0) is 22.2. The molecule has 2 aromatic heterocycles. The second-order valence-corrected chi connectivity index (χ2v) is 8.27. The van der Waals surface area contributed by atoms with Gasteiger partial charge in [0.2, 0.25) is 0 Å². The lowest BCUT2D eigenvalue weighted by Gasteiger charge is -2.23. The van der Waals surface area contributed by atoms with E-state index in [1.165, 1.54) is 11.1 Å². The number of pyridine rings is 1. The van der Waals surface area contributed by atoms with Crippen LogP contribution in [0.25, 0.3) is 27.8 Å². The first-order valence-corrected chi connectivity index (χ1v) is 10.8. The van der Waals surface area contributed by atoms with Gasteiger partial charge in [-0.05, 0) is 61.7 Å². The van der Waals surface area contributed by atoms with Crippen molar-refractivity contribution >= 4 is 22.5 Å². The van der Waals surface area contributed by atoms with Crippen LogP contribution in [0.3, 0.4) is 0 Å². The fourth-order valence-electron chi connectivity index (χ4n) is 4.54. The Morgan fingerprint density at radius 1 is 0.781 bits per heavy atom. The highest BCUT2D eigenvalue weighted by Crippen LogP contribution is 2.32. The highest BCUT2D eigenvalue weighted by atomic mass is 15.4. The van der Waals surface area contributed by atoms with E-state index in [2.05, 4.69) is 104 Å². The van der Waals surface area contributed by atoms with E-state index < -0.39 is 0 Å². The lowest BCUT2D eigenvalue weighted by Crippen LogP contribution is -2.27. The van der Waals surface area contributed by atoms with E-state index in [4.69, 9.17) is 10.8 Å². The number of hydrogen-bond acceptors (Lipinski definition) is 3. The maximum absolute atomic E-state index is 6.60. The van der Waals surface area contributed by atoms with Crippen LogP contribution in [0.15, 0.2) is 91.1 Å². The van der Waals surface area contributed by atoms with Crippen LogP contribution in [-0.2, 0) is 0 Å². The molecule has 0 aliphatic carbocycles. The van der Waals surface area contributed by atoms with Crippen LogP contribution >= 0.6 is 0 Å². The van der Waals surface area contributed by atoms with E-state index in [1.807, 2.05) is 12.1 Å². The van der Waals surface area contributed by atoms with Crippen molar-refractivity contribution in [3.05, 3.63) is 108 Å². The SMILES string of the molecule is Cc1cc(C)c(N(N)c2ccc3ccn(-c4ccccc4-c4ccccc4)c3n2)c(C)c1. The van der Waals surface area contributed by atoms with Crippen LogP contribution in [0.5, 0.6) is 0 Å². The standard InChI is InChI=1S/C28H26N4/c1-19-17-20(2)27(21(3)18-19)32(29)26-14-13-23-15-16-31(28(23)30-26)25-12-8-7-11-24(25)22-9-5-4-6-10-22/h4-18H,29H2,1-3H3. The molecule has 2 heterocycles. The number of anilines is 2. The molecule has 0 aliphatic heterocycles. The maximum Gasteiger partial charge on any atom is 0.149 e. The van der Waals surface area contributed by atoms with E-state index in [9.17, 15) is 0 Å². The second kappa shape index (κ2) is 7.98. The Labute approximate surface area is 188 Å². The normalized spacial score (nSPS) is 11.1. The minimum absolute atomic E-state index is 0.713. The first-order chi connectivity index (χ1) is 15.5. The fourth-order valence-corrected chi connectivity index (χ4v) is 4.54. The molecule has 4 heteroatoms. The van der Waals surface area contributed by atoms with E-state index in [0.29, 0.717) is 5.82 Å². The van der Waals surface area contributed by atoms with Crippen molar-refractivity contribution in [1.29, 1.82) is 0 Å². The van der Waals surface area contributed by atoms with Gasteiger partial charge in [-0.3, -0.25) is 5.01 Å². The molecular weight excluding hydrogens is 392 g/mol. The van der Waals surface area contributed by atoms with Crippen LogP contribution in [-0.4, -0.2) is 9.55 Å². The van der Waals surface area contributed by atoms with Gasteiger partial charge < -0.3 is 4.57 Å². The molecule has 2 N–H and O–H groups in total. The number of para-hydroxylation sites is 1. The summed E-state index contributed by atoms with van der Waals surface area (Å²) in [6.07, 6.45) is 2.08. The van der Waals surface area contributed by atoms with Gasteiger partial charge in [-0.25, -0.2) is 10.8 Å². The summed E-state index contributed by atoms with van der Waals surface area (Å²) in [5.41, 5.74) is 8.79. The molecule has 0 saturated heterocycles. The quantitative estimate of drug-likeness (QED) is 0.263. The van der Waals surface area contributed by atoms with Crippen LogP contribution in [0, 0.1) is 20.8 Å². The number of aryl methyl sites for hydroxylation is 3. The summed E-state index contributed by atoms with van der Waals surface area (Å²) in [4.78, 5) is 4.99. The molecule has 0 atom stereocenters. The van der Waals surface area contributed by atoms with Gasteiger partial charge in [0, 0.05) is 17.1 Å². The van der Waals surface area contributed by atoms with Gasteiger partial charge in [-0.15, -0.1) is 0 Å². The Balaban J connectivity index is 1.64. The fraction of sp³-hybridized carbons (Fsp3) is 0.107. The number of rotatable bonds is 4. The Morgan fingerprint density at radius 3 is 2.22 bits per heavy atom. The van der Waals surface area contributed by atoms with Gasteiger partial charge in [0.25, 0.3) is 0 Å². The molecule has 5 aromatic rings. The molecule has 5 rings (SSSR count). The molecule has 4 nitrogen and oxygen atoms in total. The first-order valence-electron chi connectivity index (χ1n) is 10.8. The molecule has 0 fully saturated rings. The summed E-state index contributed by atoms with van der Waals surface area (Å²) in [7, 11) is 0. The molecule has 0 unspecified atom stereocenters. The maximum atomic E-state index is 6.60. The summed E-state index contributed by atoms with van der Waals surface area (Å²) in [6.45, 7) is 6.28. The highest BCUT2D eigenvalue weighted by molar-refractivity contribution is 5.84. The molecule has 0 aliphatic rings. The molecule has 0 saturated carbocycles. The Morgan fingerprint density at radius 2 is 1.47 bits per heavy atom. The molecule has 32 heavy (non-hydrogen) atoms. The van der Waals surface area contributed by atoms with Crippen molar-refractivity contribution in [2.45, 2.75) is 20.8 Å². The number of nitrogens with zero attached hydrogens (tertiary/aromatic N) is 3. The second-order valence-electron chi connectivity index (χ2n) is 8.27. The van der Waals surface area contributed by atoms with E-state index >= 15 is 0 Å². The predicted molar refractivity (Wildman–Crippen MR) is 133 cm³/mol. The van der Waals surface area contributed by atoms with Gasteiger partial charge >= 0.3 is 0 Å². The summed E-state index contributed by atoms with van der Waals surface area (Å²) in [5, 5.41) is 2.77. The zero-order valence-electron chi connectivity index (χ0n) is 18.6. The number of aromatic nitrogens is 2. The van der Waals surface area contributed by atoms with E-state index in [-0.39, 0.29) is 0 Å². The molecule has 3 aromatic carbocycles. The van der Waals surface area contributed by atoms with E-state index in [0.717, 1.165) is 39.1 Å². The number of benzene rings is 3. The largest absolute Gasteiger partial charge is 0.301 e. The molecule has 158 valence electrons. The lowest BCUT2D eigenvalue weighted by atomic mass is 10.0. The minimum atomic E-state index is 0.713. The molecule has 0 spiro atoms. The van der Waals surface area contributed by atoms with Crippen LogP contribution < -0.4 is 10.9 Å². The molecular formula is C28H26N4. The van der Waals surface area contributed by atoms with Crippen molar-refractivity contribution in [2.75, 3.05) is 5.01 Å². The van der Waals surface area contributed by atoms with Gasteiger partial charge in [-0.1, -0.05) is 66.2 Å². The van der Waals surface area contributed by atoms with Crippen LogP contribution in [0.1, 0.15) is 16.7 Å². The van der Waals surface area contributed by atoms with Gasteiger partial charge in [0.15, 0.2) is 0 Å². The minimum Gasteiger partial charge on any atom is -0.301 e. The van der Waals surface area contributed by atoms with Crippen LogP contribution in [0.2, 0.25) is 0 Å². The third-order valence-electron chi connectivity index (χ3n) is 5.89. The molecule has 0 radical (unpaired) electrons. The lowest BCUT2D eigenvalue weighted by molar-refractivity contribution is 1.01. The van der Waals surface area contributed by atoms with Gasteiger partial charge in [0.05, 0.1) is 11.4 Å². The summed E-state index contributed by atoms with van der Waals surface area (Å²) in [6, 6.07) is 29.3. The van der Waals surface area contributed by atoms with Crippen molar-refractivity contribution in [2.24, 2.45) is 5.84 Å². The Bertz CT molecular complexity index is 1390. The number of hydrogen-bond donors (Lipinski definition) is 1. The Hall–Kier alpha value is -3.89. The van der Waals surface area contributed by atoms with E-state index in [1.54, 1.807) is 5.01 Å². The van der Waals surface area contributed by atoms with Crippen molar-refractivity contribution in [3.63, 3.8) is 0 Å². The predicted octanol–water partition coefficient (Wildman–Crippen LogP) is 6.63. The van der Waals surface area contributed by atoms with Crippen molar-refractivity contribution in [3.8, 4) is 16.8 Å². The monoisotopic (exact) mass is 418 g/mol. The molecule has 0 bridgehead atoms. The third-order valence-corrected chi connectivity index (χ3v) is 5.89. The van der Waals surface area contributed by atoms with Crippen molar-refractivity contribution in [1.82, 2.24) is 9.55 Å². The van der Waals surface area contributed by atoms with Gasteiger partial charge in [-0.2, -0.15) is 0 Å². The topological polar surface area (TPSA) is 47.1 Å². The third kappa shape index (κ3) is 3.45. The number of fused-ring (bicyclic) bond motifs is 1. The highest BCUT2D eigenvalue weighted by Gasteiger charge is 2.16. The van der Waals surface area contributed by atoms with Crippen molar-refractivity contribution < 1.29 is 0 Å². The summed E-state index contributed by atoms with van der Waals surface area (Å²) in [5.74, 6) is 7.31.